The van der Waals surface area contributed by atoms with Crippen LogP contribution in [0.5, 0.6) is 11.5 Å². The summed E-state index contributed by atoms with van der Waals surface area (Å²) in [6.45, 7) is 0.0270. The van der Waals surface area contributed by atoms with Gasteiger partial charge in [0.1, 0.15) is 18.1 Å². The summed E-state index contributed by atoms with van der Waals surface area (Å²) in [5.41, 5.74) is 0.932. The second-order valence-electron chi connectivity index (χ2n) is 7.50. The van der Waals surface area contributed by atoms with Gasteiger partial charge in [0.2, 0.25) is 15.9 Å². The van der Waals surface area contributed by atoms with Crippen molar-refractivity contribution in [2.24, 2.45) is 0 Å². The number of anilines is 1. The highest BCUT2D eigenvalue weighted by Gasteiger charge is 2.24. The molecule has 0 aliphatic rings. The predicted molar refractivity (Wildman–Crippen MR) is 135 cm³/mol. The van der Waals surface area contributed by atoms with Crippen LogP contribution >= 0.6 is 11.8 Å². The molecule has 0 radical (unpaired) electrons. The molecule has 0 saturated heterocycles. The molecule has 0 fully saturated rings. The maximum absolute atomic E-state index is 13.6. The molecule has 0 aromatic heterocycles. The first-order valence-electron chi connectivity index (χ1n) is 10.7. The normalized spacial score (nSPS) is 11.1. The Morgan fingerprint density at radius 3 is 2.41 bits per heavy atom. The first kappa shape index (κ1) is 25.6. The van der Waals surface area contributed by atoms with Crippen molar-refractivity contribution in [1.82, 2.24) is 5.32 Å². The monoisotopic (exact) mass is 502 g/mol. The van der Waals surface area contributed by atoms with Crippen LogP contribution in [-0.2, 0) is 20.6 Å². The highest BCUT2D eigenvalue weighted by molar-refractivity contribution is 7.98. The third-order valence-electron chi connectivity index (χ3n) is 4.80. The number of thioether (sulfide) groups is 1. The number of carbonyl (C=O) groups is 1. The van der Waals surface area contributed by atoms with Crippen molar-refractivity contribution < 1.29 is 22.3 Å². The van der Waals surface area contributed by atoms with Crippen molar-refractivity contribution in [3.8, 4) is 11.5 Å². The van der Waals surface area contributed by atoms with Crippen LogP contribution < -0.4 is 14.4 Å². The van der Waals surface area contributed by atoms with Gasteiger partial charge in [0, 0.05) is 12.3 Å². The van der Waals surface area contributed by atoms with E-state index < -0.39 is 15.9 Å². The smallest absolute Gasteiger partial charge is 0.240 e. The molecule has 0 atom stereocenters. The Kier molecular flexibility index (Phi) is 9.35. The van der Waals surface area contributed by atoms with Crippen molar-refractivity contribution in [3.63, 3.8) is 0 Å². The summed E-state index contributed by atoms with van der Waals surface area (Å²) in [6, 6.07) is 22.3. The summed E-state index contributed by atoms with van der Waals surface area (Å²) in [4.78, 5) is 12.5. The lowest BCUT2D eigenvalue weighted by Gasteiger charge is -2.24. The standard InChI is InChI=1S/C25H27FN2O4S2/c1-34(30,31)28(23-14-7-8-15-24(23)32-21-11-3-2-4-12-21)18-25(29)27-16-9-17-33-19-20-10-5-6-13-22(20)26/h2-8,10-15H,9,16-19H2,1H3,(H,27,29). The molecule has 34 heavy (non-hydrogen) atoms. The fourth-order valence-electron chi connectivity index (χ4n) is 3.13. The third-order valence-corrected chi connectivity index (χ3v) is 7.01. The van der Waals surface area contributed by atoms with E-state index in [0.29, 0.717) is 35.8 Å². The number of rotatable bonds is 12. The van der Waals surface area contributed by atoms with Gasteiger partial charge >= 0.3 is 0 Å². The van der Waals surface area contributed by atoms with Crippen molar-refractivity contribution in [2.45, 2.75) is 12.2 Å². The molecule has 0 spiro atoms. The topological polar surface area (TPSA) is 75.7 Å². The average molecular weight is 503 g/mol. The van der Waals surface area contributed by atoms with Gasteiger partial charge in [-0.15, -0.1) is 0 Å². The Labute approximate surface area is 204 Å². The van der Waals surface area contributed by atoms with E-state index in [9.17, 15) is 17.6 Å². The van der Waals surface area contributed by atoms with Crippen LogP contribution in [-0.4, -0.2) is 39.4 Å². The molecule has 180 valence electrons. The van der Waals surface area contributed by atoms with Gasteiger partial charge < -0.3 is 10.1 Å². The minimum Gasteiger partial charge on any atom is -0.455 e. The third kappa shape index (κ3) is 7.78. The lowest BCUT2D eigenvalue weighted by atomic mass is 10.2. The molecule has 0 aliphatic heterocycles. The van der Waals surface area contributed by atoms with Gasteiger partial charge in [0.25, 0.3) is 0 Å². The zero-order valence-electron chi connectivity index (χ0n) is 18.8. The lowest BCUT2D eigenvalue weighted by Crippen LogP contribution is -2.40. The zero-order valence-corrected chi connectivity index (χ0v) is 20.4. The van der Waals surface area contributed by atoms with Gasteiger partial charge in [0.05, 0.1) is 11.9 Å². The number of sulfonamides is 1. The second kappa shape index (κ2) is 12.4. The minimum absolute atomic E-state index is 0.222. The maximum Gasteiger partial charge on any atom is 0.240 e. The Balaban J connectivity index is 1.54. The van der Waals surface area contributed by atoms with Crippen LogP contribution in [0.15, 0.2) is 78.9 Å². The van der Waals surface area contributed by atoms with Gasteiger partial charge in [-0.25, -0.2) is 12.8 Å². The number of ether oxygens (including phenoxy) is 1. The summed E-state index contributed by atoms with van der Waals surface area (Å²) in [5.74, 6) is 1.54. The van der Waals surface area contributed by atoms with Crippen LogP contribution in [0.2, 0.25) is 0 Å². The molecular formula is C25H27FN2O4S2. The SMILES string of the molecule is CS(=O)(=O)N(CC(=O)NCCCSCc1ccccc1F)c1ccccc1Oc1ccccc1. The molecule has 6 nitrogen and oxygen atoms in total. The molecule has 1 N–H and O–H groups in total. The van der Waals surface area contributed by atoms with Crippen LogP contribution in [0, 0.1) is 5.82 Å². The predicted octanol–water partition coefficient (Wildman–Crippen LogP) is 4.82. The van der Waals surface area contributed by atoms with E-state index in [1.54, 1.807) is 66.4 Å². The Morgan fingerprint density at radius 1 is 1.00 bits per heavy atom. The molecule has 3 aromatic carbocycles. The second-order valence-corrected chi connectivity index (χ2v) is 10.5. The molecule has 3 rings (SSSR count). The summed E-state index contributed by atoms with van der Waals surface area (Å²) < 4.78 is 45.6. The first-order chi connectivity index (χ1) is 16.3. The summed E-state index contributed by atoms with van der Waals surface area (Å²) in [5, 5.41) is 2.76. The van der Waals surface area contributed by atoms with Gasteiger partial charge in [-0.05, 0) is 48.1 Å². The average Bonchev–Trinajstić information content (AvgIpc) is 2.81. The number of nitrogens with zero attached hydrogens (tertiary/aromatic N) is 1. The fourth-order valence-corrected chi connectivity index (χ4v) is 4.94. The number of para-hydroxylation sites is 3. The largest absolute Gasteiger partial charge is 0.455 e. The Bertz CT molecular complexity index is 1190. The Hall–Kier alpha value is -3.04. The highest BCUT2D eigenvalue weighted by atomic mass is 32.2. The molecule has 0 aliphatic carbocycles. The zero-order chi connectivity index (χ0) is 24.4. The number of amides is 1. The van der Waals surface area contributed by atoms with Crippen LogP contribution in [0.1, 0.15) is 12.0 Å². The van der Waals surface area contributed by atoms with E-state index >= 15 is 0 Å². The fraction of sp³-hybridized carbons (Fsp3) is 0.240. The van der Waals surface area contributed by atoms with E-state index in [-0.39, 0.29) is 18.0 Å². The molecule has 0 heterocycles. The van der Waals surface area contributed by atoms with Crippen molar-refractivity contribution in [1.29, 1.82) is 0 Å². The number of halogens is 1. The summed E-state index contributed by atoms with van der Waals surface area (Å²) in [6.07, 6.45) is 1.73. The van der Waals surface area contributed by atoms with Crippen LogP contribution in [0.3, 0.4) is 0 Å². The van der Waals surface area contributed by atoms with E-state index in [1.165, 1.54) is 6.07 Å². The molecular weight excluding hydrogens is 475 g/mol. The maximum atomic E-state index is 13.6. The van der Waals surface area contributed by atoms with Gasteiger partial charge in [0.15, 0.2) is 5.75 Å². The number of hydrogen-bond acceptors (Lipinski definition) is 5. The Morgan fingerprint density at radius 2 is 1.68 bits per heavy atom. The highest BCUT2D eigenvalue weighted by Crippen LogP contribution is 2.33. The lowest BCUT2D eigenvalue weighted by molar-refractivity contribution is -0.119. The van der Waals surface area contributed by atoms with Gasteiger partial charge in [-0.2, -0.15) is 11.8 Å². The van der Waals surface area contributed by atoms with Crippen LogP contribution in [0.4, 0.5) is 10.1 Å². The first-order valence-corrected chi connectivity index (χ1v) is 13.7. The van der Waals surface area contributed by atoms with E-state index in [2.05, 4.69) is 5.32 Å². The quantitative estimate of drug-likeness (QED) is 0.359. The molecule has 3 aromatic rings. The summed E-state index contributed by atoms with van der Waals surface area (Å²) in [7, 11) is -3.75. The molecule has 1 amide bonds. The number of nitrogens with one attached hydrogen (secondary N) is 1. The molecule has 0 saturated carbocycles. The van der Waals surface area contributed by atoms with E-state index in [4.69, 9.17) is 4.74 Å². The number of hydrogen-bond donors (Lipinski definition) is 1. The van der Waals surface area contributed by atoms with E-state index in [0.717, 1.165) is 16.3 Å². The number of benzene rings is 3. The molecule has 0 unspecified atom stereocenters. The van der Waals surface area contributed by atoms with Crippen LogP contribution in [0.25, 0.3) is 0 Å². The van der Waals surface area contributed by atoms with Crippen molar-refractivity contribution >= 4 is 33.4 Å². The van der Waals surface area contributed by atoms with Crippen molar-refractivity contribution in [3.05, 3.63) is 90.2 Å². The number of carbonyl (C=O) groups excluding carboxylic acids is 1. The summed E-state index contributed by atoms with van der Waals surface area (Å²) >= 11 is 1.58. The van der Waals surface area contributed by atoms with Gasteiger partial charge in [-0.1, -0.05) is 48.5 Å². The molecule has 0 bridgehead atoms. The van der Waals surface area contributed by atoms with Crippen molar-refractivity contribution in [2.75, 3.05) is 29.4 Å². The minimum atomic E-state index is -3.75. The van der Waals surface area contributed by atoms with E-state index in [1.807, 2.05) is 18.2 Å². The van der Waals surface area contributed by atoms with Gasteiger partial charge in [-0.3, -0.25) is 9.10 Å². The molecule has 9 heteroatoms.